The van der Waals surface area contributed by atoms with E-state index in [2.05, 4.69) is 30.6 Å². The third-order valence-corrected chi connectivity index (χ3v) is 7.34. The van der Waals surface area contributed by atoms with E-state index in [0.717, 1.165) is 46.2 Å². The molecular weight excluding hydrogens is 474 g/mol. The van der Waals surface area contributed by atoms with Gasteiger partial charge in [0.2, 0.25) is 10.3 Å². The fraction of sp³-hybridized carbons (Fsp3) is 0.304. The number of H-pyrrole nitrogens is 1. The molecule has 0 bridgehead atoms. The molecule has 1 saturated heterocycles. The van der Waals surface area contributed by atoms with Crippen LogP contribution in [0.25, 0.3) is 11.1 Å². The van der Waals surface area contributed by atoms with Crippen molar-refractivity contribution in [2.75, 3.05) is 29.9 Å². The maximum atomic E-state index is 13.2. The zero-order valence-corrected chi connectivity index (χ0v) is 19.6. The first-order chi connectivity index (χ1) is 16.9. The van der Waals surface area contributed by atoms with Crippen LogP contribution in [0.3, 0.4) is 0 Å². The van der Waals surface area contributed by atoms with Crippen LogP contribution in [0.5, 0.6) is 0 Å². The average Bonchev–Trinajstić information content (AvgIpc) is 3.59. The number of anilines is 3. The van der Waals surface area contributed by atoms with Gasteiger partial charge < -0.3 is 19.7 Å². The first-order valence-corrected chi connectivity index (χ1v) is 12.0. The number of halogens is 2. The molecule has 0 saturated carbocycles. The van der Waals surface area contributed by atoms with Crippen molar-refractivity contribution in [3.8, 4) is 11.1 Å². The lowest BCUT2D eigenvalue weighted by molar-refractivity contribution is -0.113. The molecule has 0 aliphatic carbocycles. The Balaban J connectivity index is 1.13. The molecule has 2 aliphatic heterocycles. The first-order valence-electron chi connectivity index (χ1n) is 11.2. The summed E-state index contributed by atoms with van der Waals surface area (Å²) in [6.45, 7) is 0.282. The van der Waals surface area contributed by atoms with Crippen LogP contribution >= 0.6 is 11.3 Å². The summed E-state index contributed by atoms with van der Waals surface area (Å²) in [5.41, 5.74) is 5.50. The van der Waals surface area contributed by atoms with E-state index in [4.69, 9.17) is 0 Å². The molecule has 0 atom stereocenters. The Morgan fingerprint density at radius 3 is 2.69 bits per heavy atom. The van der Waals surface area contributed by atoms with Gasteiger partial charge in [0.05, 0.1) is 25.8 Å². The highest BCUT2D eigenvalue weighted by Gasteiger charge is 2.47. The number of hydrogen-bond acceptors (Lipinski definition) is 7. The molecule has 0 unspecified atom stereocenters. The van der Waals surface area contributed by atoms with Crippen molar-refractivity contribution in [1.82, 2.24) is 29.9 Å². The maximum absolute atomic E-state index is 13.2. The van der Waals surface area contributed by atoms with E-state index in [0.29, 0.717) is 17.4 Å². The van der Waals surface area contributed by atoms with Gasteiger partial charge in [0.1, 0.15) is 5.69 Å². The zero-order chi connectivity index (χ0) is 24.2. The van der Waals surface area contributed by atoms with Gasteiger partial charge >= 0.3 is 0 Å². The van der Waals surface area contributed by atoms with Gasteiger partial charge in [-0.2, -0.15) is 5.10 Å². The number of amides is 1. The van der Waals surface area contributed by atoms with E-state index in [1.807, 2.05) is 48.1 Å². The topological polar surface area (TPSA) is 95.0 Å². The quantitative estimate of drug-likeness (QED) is 0.438. The van der Waals surface area contributed by atoms with Crippen LogP contribution in [0.2, 0.25) is 0 Å². The minimum absolute atomic E-state index is 0.347. The highest BCUT2D eigenvalue weighted by Crippen LogP contribution is 2.33. The molecule has 2 aliphatic rings. The molecule has 0 radical (unpaired) electrons. The summed E-state index contributed by atoms with van der Waals surface area (Å²) in [7, 11) is 1.81. The summed E-state index contributed by atoms with van der Waals surface area (Å²) in [4.78, 5) is 16.0. The van der Waals surface area contributed by atoms with Gasteiger partial charge in [-0.3, -0.25) is 9.89 Å². The number of likely N-dealkylation sites (tertiary alicyclic amines) is 1. The molecule has 6 rings (SSSR count). The highest BCUT2D eigenvalue weighted by molar-refractivity contribution is 7.19. The number of nitrogens with one attached hydrogen (secondary N) is 2. The predicted molar refractivity (Wildman–Crippen MR) is 128 cm³/mol. The minimum Gasteiger partial charge on any atom is -0.342 e. The van der Waals surface area contributed by atoms with E-state index < -0.39 is 19.0 Å². The fourth-order valence-corrected chi connectivity index (χ4v) is 5.29. The monoisotopic (exact) mass is 496 g/mol. The Morgan fingerprint density at radius 2 is 1.97 bits per heavy atom. The predicted octanol–water partition coefficient (Wildman–Crippen LogP) is 3.66. The smallest absolute Gasteiger partial charge is 0.282 e. The number of alkyl halides is 2. The minimum atomic E-state index is -2.78. The molecule has 35 heavy (non-hydrogen) atoms. The van der Waals surface area contributed by atoms with E-state index in [-0.39, 0.29) is 5.91 Å². The van der Waals surface area contributed by atoms with Crippen molar-refractivity contribution in [2.45, 2.75) is 18.9 Å². The number of carbonyl (C=O) groups excluding carboxylic acids is 1. The fourth-order valence-electron chi connectivity index (χ4n) is 4.50. The second-order valence-electron chi connectivity index (χ2n) is 8.83. The number of aromatic amines is 1. The van der Waals surface area contributed by atoms with Gasteiger partial charge in [-0.25, -0.2) is 8.78 Å². The van der Waals surface area contributed by atoms with Crippen molar-refractivity contribution in [1.29, 1.82) is 0 Å². The normalized spacial score (nSPS) is 16.7. The molecule has 0 spiro atoms. The lowest BCUT2D eigenvalue weighted by Crippen LogP contribution is -2.58. The molecular formula is C23H22F2N8OS. The molecule has 180 valence electrons. The van der Waals surface area contributed by atoms with Gasteiger partial charge in [-0.05, 0) is 35.7 Å². The van der Waals surface area contributed by atoms with Crippen molar-refractivity contribution < 1.29 is 13.6 Å². The average molecular weight is 497 g/mol. The van der Waals surface area contributed by atoms with Crippen LogP contribution in [0, 0.1) is 0 Å². The number of rotatable bonds is 5. The molecule has 9 nitrogen and oxygen atoms in total. The summed E-state index contributed by atoms with van der Waals surface area (Å²) in [6.07, 6.45) is 4.36. The van der Waals surface area contributed by atoms with Crippen molar-refractivity contribution in [3.05, 3.63) is 59.7 Å². The van der Waals surface area contributed by atoms with Crippen LogP contribution in [0.1, 0.15) is 21.7 Å². The molecule has 5 heterocycles. The van der Waals surface area contributed by atoms with Crippen LogP contribution in [-0.2, 0) is 20.0 Å². The molecule has 12 heteroatoms. The van der Waals surface area contributed by atoms with Crippen LogP contribution in [0.4, 0.5) is 24.7 Å². The number of aromatic nitrogens is 5. The second kappa shape index (κ2) is 8.15. The van der Waals surface area contributed by atoms with Crippen LogP contribution < -0.4 is 10.2 Å². The van der Waals surface area contributed by atoms with Crippen LogP contribution in [0.15, 0.2) is 42.7 Å². The number of carbonyl (C=O) groups is 1. The van der Waals surface area contributed by atoms with E-state index in [9.17, 15) is 13.6 Å². The lowest BCUT2D eigenvalue weighted by atomic mass is 10.1. The maximum Gasteiger partial charge on any atom is 0.282 e. The van der Waals surface area contributed by atoms with E-state index >= 15 is 0 Å². The van der Waals surface area contributed by atoms with Crippen molar-refractivity contribution >= 4 is 33.2 Å². The summed E-state index contributed by atoms with van der Waals surface area (Å²) in [5, 5.41) is 20.2. The molecule has 1 aromatic carbocycles. The third kappa shape index (κ3) is 4.03. The Labute approximate surface area is 203 Å². The lowest BCUT2D eigenvalue weighted by Gasteiger charge is -2.38. The zero-order valence-electron chi connectivity index (χ0n) is 18.8. The van der Waals surface area contributed by atoms with Gasteiger partial charge in [-0.15, -0.1) is 10.2 Å². The van der Waals surface area contributed by atoms with Crippen molar-refractivity contribution in [2.24, 2.45) is 7.05 Å². The second-order valence-corrected chi connectivity index (χ2v) is 9.78. The van der Waals surface area contributed by atoms with Crippen LogP contribution in [-0.4, -0.2) is 61.3 Å². The van der Waals surface area contributed by atoms with Gasteiger partial charge in [0.25, 0.3) is 11.8 Å². The van der Waals surface area contributed by atoms with E-state index in [1.54, 1.807) is 6.20 Å². The van der Waals surface area contributed by atoms with Gasteiger partial charge in [0, 0.05) is 36.7 Å². The standard InChI is InChI=1S/C23H22F2N8OS/c1-31-18(20(34)33-12-23(24,25)13-33)8-15-6-7-32(11-19(15)31)22-30-29-21(35-22)28-17-4-2-14(3-5-17)16-9-26-27-10-16/h2-5,8-10H,6-7,11-13H2,1H3,(H,26,27)(H,28,29). The number of benzene rings is 1. The summed E-state index contributed by atoms with van der Waals surface area (Å²) < 4.78 is 28.3. The molecule has 1 amide bonds. The summed E-state index contributed by atoms with van der Waals surface area (Å²) >= 11 is 1.46. The Kier molecular flexibility index (Phi) is 5.06. The van der Waals surface area contributed by atoms with Gasteiger partial charge in [-0.1, -0.05) is 23.5 Å². The third-order valence-electron chi connectivity index (χ3n) is 6.44. The van der Waals surface area contributed by atoms with E-state index in [1.165, 1.54) is 16.2 Å². The highest BCUT2D eigenvalue weighted by atomic mass is 32.1. The Morgan fingerprint density at radius 1 is 1.17 bits per heavy atom. The SMILES string of the molecule is Cn1c(C(=O)N2CC(F)(F)C2)cc2c1CN(c1nnc(Nc3ccc(-c4cn[nH]c4)cc3)s1)CC2. The molecule has 4 aromatic rings. The molecule has 3 aromatic heterocycles. The number of hydrogen-bond donors (Lipinski definition) is 2. The first kappa shape index (κ1) is 21.7. The number of nitrogens with zero attached hydrogens (tertiary/aromatic N) is 6. The number of fused-ring (bicyclic) bond motifs is 1. The van der Waals surface area contributed by atoms with Gasteiger partial charge in [0.15, 0.2) is 0 Å². The summed E-state index contributed by atoms with van der Waals surface area (Å²) in [5.74, 6) is -3.12. The Hall–Kier alpha value is -3.80. The largest absolute Gasteiger partial charge is 0.342 e. The molecule has 2 N–H and O–H groups in total. The molecule has 1 fully saturated rings. The summed E-state index contributed by atoms with van der Waals surface area (Å²) in [6, 6.07) is 9.82. The Bertz CT molecular complexity index is 1370. The van der Waals surface area contributed by atoms with Crippen molar-refractivity contribution in [3.63, 3.8) is 0 Å².